The third kappa shape index (κ3) is 2.54. The lowest BCUT2D eigenvalue weighted by atomic mass is 10.2. The number of carbonyl (C=O) groups is 1. The molecule has 0 aliphatic rings. The van der Waals surface area contributed by atoms with Crippen LogP contribution in [0.3, 0.4) is 0 Å². The van der Waals surface area contributed by atoms with Crippen LogP contribution in [0.25, 0.3) is 0 Å². The molecule has 6 nitrogen and oxygen atoms in total. The van der Waals surface area contributed by atoms with Gasteiger partial charge in [-0.1, -0.05) is 0 Å². The van der Waals surface area contributed by atoms with Gasteiger partial charge in [0.1, 0.15) is 0 Å². The fourth-order valence-electron chi connectivity index (χ4n) is 1.30. The first kappa shape index (κ1) is 11.0. The van der Waals surface area contributed by atoms with Crippen LogP contribution in [0.4, 0.5) is 0 Å². The normalized spacial score (nSPS) is 10.1. The first-order chi connectivity index (χ1) is 8.16. The van der Waals surface area contributed by atoms with E-state index in [9.17, 15) is 9.59 Å². The summed E-state index contributed by atoms with van der Waals surface area (Å²) in [5, 5.41) is 12.6. The summed E-state index contributed by atoms with van der Waals surface area (Å²) in [6.07, 6.45) is 2.76. The fraction of sp³-hybridized carbons (Fsp3) is 0.0909. The van der Waals surface area contributed by atoms with Gasteiger partial charge in [0.2, 0.25) is 0 Å². The maximum Gasteiger partial charge on any atom is 0.337 e. The van der Waals surface area contributed by atoms with E-state index < -0.39 is 5.97 Å². The predicted octanol–water partition coefficient (Wildman–Crippen LogP) is 0.385. The van der Waals surface area contributed by atoms with Crippen molar-refractivity contribution in [1.29, 1.82) is 0 Å². The molecule has 0 aliphatic heterocycles. The second kappa shape index (κ2) is 4.56. The standard InChI is InChI=1S/C11H9N3O3/c15-10-2-1-5-13-14(10)7-9-4-3-8(6-12-9)11(16)17/h1-6H,7H2,(H,16,17). The van der Waals surface area contributed by atoms with E-state index in [-0.39, 0.29) is 17.7 Å². The summed E-state index contributed by atoms with van der Waals surface area (Å²) in [4.78, 5) is 26.0. The van der Waals surface area contributed by atoms with Gasteiger partial charge >= 0.3 is 5.97 Å². The van der Waals surface area contributed by atoms with Crippen molar-refractivity contribution in [3.05, 3.63) is 58.3 Å². The van der Waals surface area contributed by atoms with Gasteiger partial charge in [-0.25, -0.2) is 9.48 Å². The minimum absolute atomic E-state index is 0.113. The Morgan fingerprint density at radius 3 is 2.76 bits per heavy atom. The Balaban J connectivity index is 2.23. The Labute approximate surface area is 96.2 Å². The van der Waals surface area contributed by atoms with Gasteiger partial charge in [0.25, 0.3) is 5.56 Å². The summed E-state index contributed by atoms with van der Waals surface area (Å²) in [6.45, 7) is 0.222. The van der Waals surface area contributed by atoms with E-state index >= 15 is 0 Å². The van der Waals surface area contributed by atoms with E-state index in [0.717, 1.165) is 0 Å². The maximum atomic E-state index is 11.4. The van der Waals surface area contributed by atoms with Crippen molar-refractivity contribution in [3.8, 4) is 0 Å². The van der Waals surface area contributed by atoms with Crippen LogP contribution >= 0.6 is 0 Å². The van der Waals surface area contributed by atoms with E-state index in [0.29, 0.717) is 5.69 Å². The minimum Gasteiger partial charge on any atom is -0.478 e. The molecule has 2 heterocycles. The summed E-state index contributed by atoms with van der Waals surface area (Å²) >= 11 is 0. The van der Waals surface area contributed by atoms with Crippen LogP contribution in [0.5, 0.6) is 0 Å². The highest BCUT2D eigenvalue weighted by atomic mass is 16.4. The molecule has 0 aliphatic carbocycles. The Morgan fingerprint density at radius 1 is 1.35 bits per heavy atom. The molecule has 0 spiro atoms. The molecule has 0 aromatic carbocycles. The Bertz CT molecular complexity index is 589. The quantitative estimate of drug-likeness (QED) is 0.825. The maximum absolute atomic E-state index is 11.4. The minimum atomic E-state index is -1.03. The molecule has 17 heavy (non-hydrogen) atoms. The Hall–Kier alpha value is -2.50. The highest BCUT2D eigenvalue weighted by Crippen LogP contribution is 2.00. The van der Waals surface area contributed by atoms with Crippen LogP contribution in [-0.2, 0) is 6.54 Å². The van der Waals surface area contributed by atoms with E-state index in [1.165, 1.54) is 29.2 Å². The van der Waals surface area contributed by atoms with Gasteiger partial charge in [0.15, 0.2) is 0 Å². The first-order valence-corrected chi connectivity index (χ1v) is 4.87. The smallest absolute Gasteiger partial charge is 0.337 e. The number of pyridine rings is 1. The topological polar surface area (TPSA) is 85.1 Å². The van der Waals surface area contributed by atoms with Crippen LogP contribution < -0.4 is 5.56 Å². The molecule has 2 aromatic rings. The van der Waals surface area contributed by atoms with Crippen molar-refractivity contribution >= 4 is 5.97 Å². The SMILES string of the molecule is O=C(O)c1ccc(Cn2ncccc2=O)nc1. The third-order valence-electron chi connectivity index (χ3n) is 2.17. The zero-order valence-electron chi connectivity index (χ0n) is 8.78. The molecule has 0 saturated heterocycles. The van der Waals surface area contributed by atoms with E-state index in [4.69, 9.17) is 5.11 Å². The zero-order chi connectivity index (χ0) is 12.3. The van der Waals surface area contributed by atoms with Crippen molar-refractivity contribution in [3.63, 3.8) is 0 Å². The van der Waals surface area contributed by atoms with E-state index in [1.54, 1.807) is 12.1 Å². The highest BCUT2D eigenvalue weighted by Gasteiger charge is 2.04. The molecule has 0 fully saturated rings. The number of rotatable bonds is 3. The van der Waals surface area contributed by atoms with Gasteiger partial charge < -0.3 is 5.11 Å². The number of nitrogens with zero attached hydrogens (tertiary/aromatic N) is 3. The molecule has 0 bridgehead atoms. The van der Waals surface area contributed by atoms with Gasteiger partial charge in [-0.05, 0) is 18.2 Å². The van der Waals surface area contributed by atoms with Crippen LogP contribution in [-0.4, -0.2) is 25.8 Å². The molecule has 86 valence electrons. The number of aromatic carboxylic acids is 1. The monoisotopic (exact) mass is 231 g/mol. The molecule has 0 amide bonds. The summed E-state index contributed by atoms with van der Waals surface area (Å²) in [5.74, 6) is -1.03. The lowest BCUT2D eigenvalue weighted by Gasteiger charge is -2.03. The summed E-state index contributed by atoms with van der Waals surface area (Å²) in [6, 6.07) is 5.96. The molecular formula is C11H9N3O3. The molecule has 0 atom stereocenters. The Kier molecular flexibility index (Phi) is 2.95. The van der Waals surface area contributed by atoms with Crippen LogP contribution in [0.2, 0.25) is 0 Å². The Morgan fingerprint density at radius 2 is 2.18 bits per heavy atom. The van der Waals surface area contributed by atoms with Crippen LogP contribution in [0.1, 0.15) is 16.1 Å². The summed E-state index contributed by atoms with van der Waals surface area (Å²) in [5.41, 5.74) is 0.467. The average molecular weight is 231 g/mol. The van der Waals surface area contributed by atoms with Crippen LogP contribution in [0, 0.1) is 0 Å². The molecule has 0 radical (unpaired) electrons. The van der Waals surface area contributed by atoms with Crippen molar-refractivity contribution < 1.29 is 9.90 Å². The largest absolute Gasteiger partial charge is 0.478 e. The van der Waals surface area contributed by atoms with Gasteiger partial charge in [-0.2, -0.15) is 5.10 Å². The lowest BCUT2D eigenvalue weighted by Crippen LogP contribution is -2.22. The molecule has 6 heteroatoms. The number of aromatic nitrogens is 3. The van der Waals surface area contributed by atoms with Crippen molar-refractivity contribution in [2.24, 2.45) is 0 Å². The van der Waals surface area contributed by atoms with Gasteiger partial charge in [0, 0.05) is 18.5 Å². The van der Waals surface area contributed by atoms with Crippen LogP contribution in [0.15, 0.2) is 41.5 Å². The predicted molar refractivity (Wildman–Crippen MR) is 58.8 cm³/mol. The van der Waals surface area contributed by atoms with Gasteiger partial charge in [-0.3, -0.25) is 9.78 Å². The molecule has 2 aromatic heterocycles. The molecule has 0 saturated carbocycles. The highest BCUT2D eigenvalue weighted by molar-refractivity contribution is 5.87. The molecule has 2 rings (SSSR count). The molecule has 1 N–H and O–H groups in total. The number of carboxylic acids is 1. The van der Waals surface area contributed by atoms with Crippen molar-refractivity contribution in [2.75, 3.05) is 0 Å². The zero-order valence-corrected chi connectivity index (χ0v) is 8.78. The summed E-state index contributed by atoms with van der Waals surface area (Å²) in [7, 11) is 0. The number of hydrogen-bond acceptors (Lipinski definition) is 4. The molecular weight excluding hydrogens is 222 g/mol. The summed E-state index contributed by atoms with van der Waals surface area (Å²) < 4.78 is 1.25. The number of carboxylic acid groups (broad SMARTS) is 1. The third-order valence-corrected chi connectivity index (χ3v) is 2.17. The van der Waals surface area contributed by atoms with E-state index in [1.807, 2.05) is 0 Å². The van der Waals surface area contributed by atoms with Gasteiger partial charge in [-0.15, -0.1) is 0 Å². The van der Waals surface area contributed by atoms with Crippen molar-refractivity contribution in [1.82, 2.24) is 14.8 Å². The second-order valence-electron chi connectivity index (χ2n) is 3.36. The molecule has 0 unspecified atom stereocenters. The van der Waals surface area contributed by atoms with Crippen molar-refractivity contribution in [2.45, 2.75) is 6.54 Å². The van der Waals surface area contributed by atoms with Gasteiger partial charge in [0.05, 0.1) is 17.8 Å². The number of hydrogen-bond donors (Lipinski definition) is 1. The second-order valence-corrected chi connectivity index (χ2v) is 3.36. The average Bonchev–Trinajstić information content (AvgIpc) is 2.33. The van der Waals surface area contributed by atoms with E-state index in [2.05, 4.69) is 10.1 Å². The fourth-order valence-corrected chi connectivity index (χ4v) is 1.30. The lowest BCUT2D eigenvalue weighted by molar-refractivity contribution is 0.0696. The first-order valence-electron chi connectivity index (χ1n) is 4.87.